The molecule has 2 aromatic rings. The molecule has 2 aromatic carbocycles. The minimum atomic E-state index is -1.34. The quantitative estimate of drug-likeness (QED) is 0.390. The highest BCUT2D eigenvalue weighted by molar-refractivity contribution is 8.15. The number of carbonyl (C=O) groups excluding carboxylic acids is 1. The van der Waals surface area contributed by atoms with Gasteiger partial charge >= 0.3 is 0 Å². The van der Waals surface area contributed by atoms with Crippen LogP contribution in [0, 0.1) is 28.8 Å². The minimum Gasteiger partial charge on any atom is -0.493 e. The van der Waals surface area contributed by atoms with Crippen molar-refractivity contribution < 1.29 is 22.7 Å². The zero-order valence-corrected chi connectivity index (χ0v) is 16.4. The van der Waals surface area contributed by atoms with Crippen molar-refractivity contribution in [3.63, 3.8) is 0 Å². The van der Waals surface area contributed by atoms with Crippen molar-refractivity contribution >= 4 is 22.7 Å². The number of benzene rings is 2. The summed E-state index contributed by atoms with van der Waals surface area (Å²) in [5.41, 5.74) is 5.79. The zero-order chi connectivity index (χ0) is 21.2. The Morgan fingerprint density at radius 1 is 1.28 bits per heavy atom. The van der Waals surface area contributed by atoms with Crippen molar-refractivity contribution in [1.29, 1.82) is 5.41 Å². The average molecular weight is 423 g/mol. The number of hydrogen-bond donors (Lipinski definition) is 3. The highest BCUT2D eigenvalue weighted by atomic mass is 32.2. The van der Waals surface area contributed by atoms with Crippen LogP contribution >= 0.6 is 11.8 Å². The van der Waals surface area contributed by atoms with Crippen molar-refractivity contribution in [2.24, 2.45) is 11.7 Å². The van der Waals surface area contributed by atoms with Gasteiger partial charge in [-0.05, 0) is 49.4 Å². The topological polar surface area (TPSA) is 88.2 Å². The Bertz CT molecular complexity index is 957. The predicted octanol–water partition coefficient (Wildman–Crippen LogP) is 3.51. The van der Waals surface area contributed by atoms with Crippen LogP contribution in [-0.2, 0) is 9.67 Å². The average Bonchev–Trinajstić information content (AvgIpc) is 2.66. The van der Waals surface area contributed by atoms with Crippen molar-refractivity contribution in [2.45, 2.75) is 18.2 Å². The number of rotatable bonds is 5. The second kappa shape index (κ2) is 8.46. The van der Waals surface area contributed by atoms with E-state index >= 15 is 0 Å². The summed E-state index contributed by atoms with van der Waals surface area (Å²) in [5, 5.41) is 10.9. The molecule has 0 fully saturated rings. The van der Waals surface area contributed by atoms with E-state index in [1.165, 1.54) is 25.1 Å². The van der Waals surface area contributed by atoms with Crippen LogP contribution in [0.1, 0.15) is 24.5 Å². The van der Waals surface area contributed by atoms with Crippen molar-refractivity contribution in [3.05, 3.63) is 65.0 Å². The molecule has 5 nitrogen and oxygen atoms in total. The molecule has 2 atom stereocenters. The van der Waals surface area contributed by atoms with Gasteiger partial charge in [-0.25, -0.2) is 13.2 Å². The van der Waals surface area contributed by atoms with Crippen LogP contribution in [0.4, 0.5) is 13.2 Å². The second-order valence-electron chi connectivity index (χ2n) is 6.70. The number of nitrogens with one attached hydrogen (secondary N) is 2. The highest BCUT2D eigenvalue weighted by Crippen LogP contribution is 2.50. The Morgan fingerprint density at radius 3 is 2.66 bits per heavy atom. The summed E-state index contributed by atoms with van der Waals surface area (Å²) >= 11 is 0.814. The molecule has 0 radical (unpaired) electrons. The summed E-state index contributed by atoms with van der Waals surface area (Å²) in [5.74, 6) is -2.55. The van der Waals surface area contributed by atoms with Crippen LogP contribution in [0.5, 0.6) is 5.75 Å². The van der Waals surface area contributed by atoms with E-state index in [1.807, 2.05) is 0 Å². The number of nitrogens with two attached hydrogens (primary N) is 1. The van der Waals surface area contributed by atoms with E-state index in [1.54, 1.807) is 0 Å². The van der Waals surface area contributed by atoms with E-state index in [-0.39, 0.29) is 23.8 Å². The van der Waals surface area contributed by atoms with Crippen LogP contribution < -0.4 is 15.8 Å². The van der Waals surface area contributed by atoms with Gasteiger partial charge in [0.1, 0.15) is 28.1 Å². The van der Waals surface area contributed by atoms with Gasteiger partial charge in [0.2, 0.25) is 5.91 Å². The Labute approximate surface area is 170 Å². The molecule has 0 saturated heterocycles. The lowest BCUT2D eigenvalue weighted by Crippen LogP contribution is -2.53. The first kappa shape index (κ1) is 21.2. The molecule has 1 heterocycles. The Balaban J connectivity index is 2.15. The molecule has 0 bridgehead atoms. The number of fused-ring (bicyclic) bond motifs is 1. The van der Waals surface area contributed by atoms with E-state index in [9.17, 15) is 18.0 Å². The van der Waals surface area contributed by atoms with Crippen LogP contribution in [0.3, 0.4) is 0 Å². The fraction of sp³-hybridized carbons (Fsp3) is 0.300. The largest absolute Gasteiger partial charge is 0.493 e. The van der Waals surface area contributed by atoms with Crippen LogP contribution in [-0.4, -0.2) is 24.1 Å². The molecule has 1 aliphatic rings. The molecule has 0 spiro atoms. The third-order valence-electron chi connectivity index (χ3n) is 4.67. The first-order chi connectivity index (χ1) is 13.8. The molecule has 4 N–H and O–H groups in total. The van der Waals surface area contributed by atoms with Gasteiger partial charge in [-0.1, -0.05) is 11.8 Å². The Hall–Kier alpha value is -2.52. The smallest absolute Gasteiger partial charge is 0.218 e. The monoisotopic (exact) mass is 423 g/mol. The summed E-state index contributed by atoms with van der Waals surface area (Å²) in [6, 6.07) is 6.68. The molecule has 0 saturated carbocycles. The van der Waals surface area contributed by atoms with Gasteiger partial charge in [0.15, 0.2) is 0 Å². The third kappa shape index (κ3) is 4.25. The van der Waals surface area contributed by atoms with Crippen molar-refractivity contribution in [1.82, 2.24) is 5.32 Å². The molecule has 29 heavy (non-hydrogen) atoms. The standard InChI is InChI=1S/C20H20F3N3O2S/c1-11(27)26-20(29-19(25)15-8-13(21)2-4-17(15)23)12(6-7-24)10-28-18-5-3-14(22)9-16(18)20/h2-5,8-9,12,25H,6-7,10,24H2,1H3,(H,26,27)/t12-,20+/m1/s1. The van der Waals surface area contributed by atoms with Gasteiger partial charge in [-0.3, -0.25) is 10.2 Å². The van der Waals surface area contributed by atoms with Crippen LogP contribution in [0.25, 0.3) is 0 Å². The fourth-order valence-corrected chi connectivity index (χ4v) is 4.82. The Morgan fingerprint density at radius 2 is 1.97 bits per heavy atom. The molecule has 0 aliphatic carbocycles. The lowest BCUT2D eigenvalue weighted by molar-refractivity contribution is -0.120. The highest BCUT2D eigenvalue weighted by Gasteiger charge is 2.48. The van der Waals surface area contributed by atoms with Gasteiger partial charge < -0.3 is 15.8 Å². The normalized spacial score (nSPS) is 20.5. The van der Waals surface area contributed by atoms with Gasteiger partial charge in [0, 0.05) is 24.0 Å². The lowest BCUT2D eigenvalue weighted by Gasteiger charge is -2.44. The second-order valence-corrected chi connectivity index (χ2v) is 7.95. The van der Waals surface area contributed by atoms with E-state index < -0.39 is 34.1 Å². The molecular weight excluding hydrogens is 403 g/mol. The molecule has 154 valence electrons. The first-order valence-electron chi connectivity index (χ1n) is 8.91. The summed E-state index contributed by atoms with van der Waals surface area (Å²) in [7, 11) is 0. The Kier molecular flexibility index (Phi) is 6.18. The van der Waals surface area contributed by atoms with E-state index in [0.29, 0.717) is 17.7 Å². The molecule has 1 aliphatic heterocycles. The van der Waals surface area contributed by atoms with E-state index in [0.717, 1.165) is 30.0 Å². The number of hydrogen-bond acceptors (Lipinski definition) is 5. The number of ether oxygens (including phenoxy) is 1. The van der Waals surface area contributed by atoms with Crippen LogP contribution in [0.15, 0.2) is 36.4 Å². The van der Waals surface area contributed by atoms with Crippen molar-refractivity contribution in [2.75, 3.05) is 13.2 Å². The fourth-order valence-electron chi connectivity index (χ4n) is 3.42. The summed E-state index contributed by atoms with van der Waals surface area (Å²) in [4.78, 5) is 10.8. The maximum atomic E-state index is 14.3. The van der Waals surface area contributed by atoms with Gasteiger partial charge in [-0.15, -0.1) is 0 Å². The van der Waals surface area contributed by atoms with Gasteiger partial charge in [0.05, 0.1) is 11.7 Å². The molecule has 0 unspecified atom stereocenters. The summed E-state index contributed by atoms with van der Waals surface area (Å²) in [6.07, 6.45) is 0.391. The summed E-state index contributed by atoms with van der Waals surface area (Å²) in [6.45, 7) is 1.70. The molecule has 0 aromatic heterocycles. The van der Waals surface area contributed by atoms with Gasteiger partial charge in [0.25, 0.3) is 0 Å². The van der Waals surface area contributed by atoms with Crippen LogP contribution in [0.2, 0.25) is 0 Å². The van der Waals surface area contributed by atoms with Gasteiger partial charge in [-0.2, -0.15) is 0 Å². The van der Waals surface area contributed by atoms with E-state index in [2.05, 4.69) is 5.32 Å². The van der Waals surface area contributed by atoms with E-state index in [4.69, 9.17) is 15.9 Å². The predicted molar refractivity (Wildman–Crippen MR) is 105 cm³/mol. The lowest BCUT2D eigenvalue weighted by atomic mass is 9.87. The first-order valence-corrected chi connectivity index (χ1v) is 9.73. The number of amides is 1. The zero-order valence-electron chi connectivity index (χ0n) is 15.6. The number of halogens is 3. The molecule has 1 amide bonds. The maximum Gasteiger partial charge on any atom is 0.218 e. The minimum absolute atomic E-state index is 0.155. The third-order valence-corrected chi connectivity index (χ3v) is 6.07. The summed E-state index contributed by atoms with van der Waals surface area (Å²) < 4.78 is 47.7. The number of carbonyl (C=O) groups is 1. The number of thioether (sulfide) groups is 1. The van der Waals surface area contributed by atoms with Crippen molar-refractivity contribution in [3.8, 4) is 5.75 Å². The molecule has 3 rings (SSSR count). The molecular formula is C20H20F3N3O2S. The maximum absolute atomic E-state index is 14.3. The molecule has 9 heteroatoms. The SMILES string of the molecule is CC(=O)N[C@@]1(SC(=N)c2cc(F)ccc2F)c2cc(F)ccc2OC[C@H]1CCN.